The third-order valence-electron chi connectivity index (χ3n) is 2.85. The Morgan fingerprint density at radius 2 is 1.86 bits per heavy atom. The number of aryl methyl sites for hydroxylation is 1. The van der Waals surface area contributed by atoms with Crippen molar-refractivity contribution in [1.82, 2.24) is 5.32 Å². The van der Waals surface area contributed by atoms with E-state index in [2.05, 4.69) is 0 Å². The summed E-state index contributed by atoms with van der Waals surface area (Å²) in [6.45, 7) is 4.44. The van der Waals surface area contributed by atoms with Crippen LogP contribution in [0.1, 0.15) is 16.7 Å². The van der Waals surface area contributed by atoms with Gasteiger partial charge in [-0.05, 0) is 43.5 Å². The Morgan fingerprint density at radius 3 is 2.33 bits per heavy atom. The summed E-state index contributed by atoms with van der Waals surface area (Å²) in [6.07, 6.45) is 0. The summed E-state index contributed by atoms with van der Waals surface area (Å²) in [5.74, 6) is -0.343. The van der Waals surface area contributed by atoms with Crippen LogP contribution in [0.3, 0.4) is 0 Å². The average Bonchev–Trinajstić information content (AvgIpc) is 2.31. The Hall–Kier alpha value is -1.80. The van der Waals surface area contributed by atoms with E-state index in [-0.39, 0.29) is 4.90 Å². The number of hydrogen-bond donors (Lipinski definition) is 2. The Labute approximate surface area is 126 Å². The van der Waals surface area contributed by atoms with E-state index in [9.17, 15) is 18.0 Å². The van der Waals surface area contributed by atoms with Crippen molar-refractivity contribution in [3.8, 4) is 5.75 Å². The van der Waals surface area contributed by atoms with Crippen LogP contribution in [0.25, 0.3) is 0 Å². The second kappa shape index (κ2) is 6.31. The number of halogens is 1. The summed E-state index contributed by atoms with van der Waals surface area (Å²) in [6, 6.07) is 0.392. The highest BCUT2D eigenvalue weighted by Gasteiger charge is 2.20. The van der Waals surface area contributed by atoms with Crippen LogP contribution in [0, 0.1) is 20.8 Å². The van der Waals surface area contributed by atoms with E-state index >= 15 is 0 Å². The molecular formula is C12H15ClN2O5S. The van der Waals surface area contributed by atoms with Gasteiger partial charge in [0.1, 0.15) is 5.75 Å². The molecule has 3 N–H and O–H groups in total. The molecule has 116 valence electrons. The van der Waals surface area contributed by atoms with Crippen molar-refractivity contribution >= 4 is 31.7 Å². The normalized spacial score (nSPS) is 11.0. The summed E-state index contributed by atoms with van der Waals surface area (Å²) in [5, 5.41) is 1.86. The van der Waals surface area contributed by atoms with Gasteiger partial charge in [0.05, 0.1) is 4.90 Å². The number of amides is 3. The summed E-state index contributed by atoms with van der Waals surface area (Å²) in [7, 11) is 1.49. The van der Waals surface area contributed by atoms with Crippen LogP contribution >= 0.6 is 10.7 Å². The lowest BCUT2D eigenvalue weighted by Gasteiger charge is -2.15. The maximum atomic E-state index is 11.5. The topological polar surface area (TPSA) is 116 Å². The molecule has 0 aliphatic heterocycles. The molecule has 3 amide bonds. The third-order valence-corrected chi connectivity index (χ3v) is 4.30. The van der Waals surface area contributed by atoms with E-state index in [1.807, 2.05) is 5.32 Å². The van der Waals surface area contributed by atoms with Crippen molar-refractivity contribution in [1.29, 1.82) is 0 Å². The average molecular weight is 335 g/mol. The minimum Gasteiger partial charge on any atom is -0.483 e. The smallest absolute Gasteiger partial charge is 0.318 e. The number of primary amides is 1. The number of hydrogen-bond acceptors (Lipinski definition) is 5. The Kier molecular flexibility index (Phi) is 5.19. The largest absolute Gasteiger partial charge is 0.483 e. The predicted molar refractivity (Wildman–Crippen MR) is 76.9 cm³/mol. The van der Waals surface area contributed by atoms with Gasteiger partial charge in [0, 0.05) is 10.7 Å². The minimum atomic E-state index is -3.87. The number of ether oxygens (including phenoxy) is 1. The number of imide groups is 1. The van der Waals surface area contributed by atoms with Crippen molar-refractivity contribution < 1.29 is 22.7 Å². The molecule has 0 saturated carbocycles. The molecule has 0 fully saturated rings. The van der Waals surface area contributed by atoms with Gasteiger partial charge in [-0.15, -0.1) is 0 Å². The highest BCUT2D eigenvalue weighted by Crippen LogP contribution is 2.32. The van der Waals surface area contributed by atoms with Gasteiger partial charge in [-0.2, -0.15) is 0 Å². The molecule has 7 nitrogen and oxygen atoms in total. The number of urea groups is 1. The van der Waals surface area contributed by atoms with Gasteiger partial charge >= 0.3 is 6.03 Å². The van der Waals surface area contributed by atoms with Gasteiger partial charge in [0.2, 0.25) is 0 Å². The first-order valence-electron chi connectivity index (χ1n) is 5.81. The third kappa shape index (κ3) is 4.33. The van der Waals surface area contributed by atoms with Crippen molar-refractivity contribution in [2.75, 3.05) is 6.61 Å². The fraction of sp³-hybridized carbons (Fsp3) is 0.333. The first-order chi connectivity index (χ1) is 9.54. The summed E-state index contributed by atoms with van der Waals surface area (Å²) >= 11 is 0. The van der Waals surface area contributed by atoms with Gasteiger partial charge < -0.3 is 10.5 Å². The lowest BCUT2D eigenvalue weighted by atomic mass is 10.1. The van der Waals surface area contributed by atoms with Gasteiger partial charge in [0.15, 0.2) is 6.61 Å². The summed E-state index contributed by atoms with van der Waals surface area (Å²) < 4.78 is 28.3. The van der Waals surface area contributed by atoms with E-state index in [4.69, 9.17) is 21.2 Å². The molecule has 1 aromatic carbocycles. The number of carbonyl (C=O) groups excluding carboxylic acids is 2. The first kappa shape index (κ1) is 17.3. The highest BCUT2D eigenvalue weighted by molar-refractivity contribution is 8.13. The molecule has 0 radical (unpaired) electrons. The quantitative estimate of drug-likeness (QED) is 0.800. The van der Waals surface area contributed by atoms with Gasteiger partial charge in [-0.1, -0.05) is 0 Å². The molecule has 21 heavy (non-hydrogen) atoms. The van der Waals surface area contributed by atoms with Crippen LogP contribution in [0.5, 0.6) is 5.75 Å². The SMILES string of the molecule is Cc1cc(S(=O)(=O)Cl)c(C)c(C)c1OCC(=O)NC(N)=O. The van der Waals surface area contributed by atoms with Crippen LogP contribution in [0.15, 0.2) is 11.0 Å². The second-order valence-electron chi connectivity index (χ2n) is 4.41. The van der Waals surface area contributed by atoms with E-state index in [1.165, 1.54) is 6.07 Å². The molecule has 1 rings (SSSR count). The summed E-state index contributed by atoms with van der Waals surface area (Å²) in [4.78, 5) is 21.8. The van der Waals surface area contributed by atoms with Crippen molar-refractivity contribution in [2.45, 2.75) is 25.7 Å². The van der Waals surface area contributed by atoms with Crippen LogP contribution in [0.2, 0.25) is 0 Å². The number of nitrogens with two attached hydrogens (primary N) is 1. The molecule has 0 atom stereocenters. The van der Waals surface area contributed by atoms with Crippen LogP contribution < -0.4 is 15.8 Å². The van der Waals surface area contributed by atoms with E-state index in [0.717, 1.165) is 0 Å². The van der Waals surface area contributed by atoms with E-state index in [1.54, 1.807) is 20.8 Å². The molecule has 0 aliphatic rings. The molecule has 0 unspecified atom stereocenters. The zero-order valence-electron chi connectivity index (χ0n) is 11.7. The molecule has 0 heterocycles. The van der Waals surface area contributed by atoms with Crippen molar-refractivity contribution in [3.63, 3.8) is 0 Å². The Bertz CT molecular complexity index is 700. The molecule has 0 saturated heterocycles. The molecule has 1 aromatic rings. The van der Waals surface area contributed by atoms with Gasteiger partial charge in [0.25, 0.3) is 15.0 Å². The maximum Gasteiger partial charge on any atom is 0.318 e. The monoisotopic (exact) mass is 334 g/mol. The van der Waals surface area contributed by atoms with Crippen molar-refractivity contribution in [2.24, 2.45) is 5.73 Å². The first-order valence-corrected chi connectivity index (χ1v) is 8.12. The molecule has 0 spiro atoms. The maximum absolute atomic E-state index is 11.5. The zero-order valence-corrected chi connectivity index (χ0v) is 13.3. The fourth-order valence-electron chi connectivity index (χ4n) is 1.81. The van der Waals surface area contributed by atoms with Gasteiger partial charge in [-0.3, -0.25) is 10.1 Å². The zero-order chi connectivity index (χ0) is 16.4. The number of carbonyl (C=O) groups is 2. The molecule has 0 bridgehead atoms. The molecule has 0 aliphatic carbocycles. The standard InChI is InChI=1S/C12H15ClN2O5S/c1-6-4-9(21(13,18)19)7(2)8(3)11(6)20-5-10(16)15-12(14)17/h4H,5H2,1-3H3,(H3,14,15,16,17). The number of benzene rings is 1. The van der Waals surface area contributed by atoms with Crippen LogP contribution in [-0.2, 0) is 13.8 Å². The van der Waals surface area contributed by atoms with Crippen LogP contribution in [-0.4, -0.2) is 27.0 Å². The molecular weight excluding hydrogens is 320 g/mol. The van der Waals surface area contributed by atoms with Crippen molar-refractivity contribution in [3.05, 3.63) is 22.8 Å². The van der Waals surface area contributed by atoms with E-state index < -0.39 is 27.6 Å². The Morgan fingerprint density at radius 1 is 1.29 bits per heavy atom. The second-order valence-corrected chi connectivity index (χ2v) is 6.94. The number of rotatable bonds is 4. The van der Waals surface area contributed by atoms with Gasteiger partial charge in [-0.25, -0.2) is 13.2 Å². The molecule has 0 aromatic heterocycles. The lowest BCUT2D eigenvalue weighted by molar-refractivity contribution is -0.121. The lowest BCUT2D eigenvalue weighted by Crippen LogP contribution is -2.38. The summed E-state index contributed by atoms with van der Waals surface area (Å²) in [5.41, 5.74) is 6.28. The predicted octanol–water partition coefficient (Wildman–Crippen LogP) is 1.11. The molecule has 9 heteroatoms. The van der Waals surface area contributed by atoms with E-state index in [0.29, 0.717) is 22.4 Å². The van der Waals surface area contributed by atoms with Crippen LogP contribution in [0.4, 0.5) is 4.79 Å². The minimum absolute atomic E-state index is 0.00639. The fourth-order valence-corrected chi connectivity index (χ4v) is 3.13. The number of nitrogens with one attached hydrogen (secondary N) is 1. The highest BCUT2D eigenvalue weighted by atomic mass is 35.7. The Balaban J connectivity index is 3.08.